The van der Waals surface area contributed by atoms with E-state index in [1.54, 1.807) is 30.3 Å². The molecule has 2 N–H and O–H groups in total. The lowest BCUT2D eigenvalue weighted by atomic mass is 9.94. The Morgan fingerprint density at radius 1 is 1.17 bits per heavy atom. The first-order valence-corrected chi connectivity index (χ1v) is 15.3. The van der Waals surface area contributed by atoms with Crippen molar-refractivity contribution in [2.24, 2.45) is 5.92 Å². The van der Waals surface area contributed by atoms with E-state index in [1.165, 1.54) is 7.11 Å². The molecule has 1 aromatic heterocycles. The molecule has 0 bridgehead atoms. The Bertz CT molecular complexity index is 1550. The molecule has 0 fully saturated rings. The smallest absolute Gasteiger partial charge is 0.419 e. The van der Waals surface area contributed by atoms with Gasteiger partial charge in [-0.05, 0) is 75.1 Å². The van der Waals surface area contributed by atoms with Crippen molar-refractivity contribution >= 4 is 27.4 Å². The number of benzene rings is 2. The lowest BCUT2D eigenvalue weighted by Crippen LogP contribution is -2.32. The van der Waals surface area contributed by atoms with Gasteiger partial charge in [-0.3, -0.25) is 4.79 Å². The Hall–Kier alpha value is -3.55. The quantitative estimate of drug-likeness (QED) is 0.284. The van der Waals surface area contributed by atoms with Crippen molar-refractivity contribution in [3.63, 3.8) is 0 Å². The molecule has 42 heavy (non-hydrogen) atoms. The summed E-state index contributed by atoms with van der Waals surface area (Å²) in [7, 11) is 1.64. The van der Waals surface area contributed by atoms with Crippen LogP contribution in [-0.4, -0.2) is 63.1 Å². The van der Waals surface area contributed by atoms with Gasteiger partial charge in [-0.25, -0.2) is 23.1 Å². The number of anilines is 2. The highest BCUT2D eigenvalue weighted by atomic mass is 32.2. The van der Waals surface area contributed by atoms with Crippen molar-refractivity contribution in [3.8, 4) is 5.75 Å². The number of rotatable bonds is 12. The Morgan fingerprint density at radius 2 is 1.90 bits per heavy atom. The zero-order valence-electron chi connectivity index (χ0n) is 23.8. The fourth-order valence-electron chi connectivity index (χ4n) is 5.16. The van der Waals surface area contributed by atoms with E-state index in [2.05, 4.69) is 20.0 Å². The Kier molecular flexibility index (Phi) is 9.53. The van der Waals surface area contributed by atoms with Crippen molar-refractivity contribution < 1.29 is 31.1 Å². The minimum absolute atomic E-state index is 0.0513. The normalized spacial score (nSPS) is 16.9. The van der Waals surface area contributed by atoms with Crippen LogP contribution in [0.4, 0.5) is 24.8 Å². The number of hydrogen-bond acceptors (Lipinski definition) is 8. The highest BCUT2D eigenvalue weighted by Crippen LogP contribution is 2.40. The number of Topliss-reactive ketones (excluding diaryl/α,β-unsaturated/α-hetero) is 1. The third kappa shape index (κ3) is 7.84. The molecule has 1 aliphatic carbocycles. The van der Waals surface area contributed by atoms with E-state index < -0.39 is 33.7 Å². The van der Waals surface area contributed by atoms with Crippen LogP contribution in [0.3, 0.4) is 0 Å². The van der Waals surface area contributed by atoms with Crippen LogP contribution in [0.2, 0.25) is 0 Å². The molecule has 0 unspecified atom stereocenters. The molecule has 4 rings (SSSR count). The second-order valence-corrected chi connectivity index (χ2v) is 12.4. The highest BCUT2D eigenvalue weighted by molar-refractivity contribution is 7.88. The summed E-state index contributed by atoms with van der Waals surface area (Å²) < 4.78 is 74.3. The number of hydrogen-bond donors (Lipinski definition) is 2. The number of sulfonamides is 1. The van der Waals surface area contributed by atoms with E-state index in [0.717, 1.165) is 30.1 Å². The number of ether oxygens (including phenoxy) is 1. The van der Waals surface area contributed by atoms with Gasteiger partial charge in [0.05, 0.1) is 36.4 Å². The summed E-state index contributed by atoms with van der Waals surface area (Å²) in [6.07, 6.45) is -1.68. The second kappa shape index (κ2) is 12.8. The number of aromatic nitrogens is 2. The molecule has 1 aliphatic rings. The van der Waals surface area contributed by atoms with Gasteiger partial charge in [-0.15, -0.1) is 0 Å². The monoisotopic (exact) mass is 605 g/mol. The van der Waals surface area contributed by atoms with E-state index in [9.17, 15) is 26.4 Å². The van der Waals surface area contributed by atoms with E-state index in [4.69, 9.17) is 4.74 Å². The summed E-state index contributed by atoms with van der Waals surface area (Å²) in [5, 5.41) is 2.91. The van der Waals surface area contributed by atoms with Gasteiger partial charge in [0, 0.05) is 18.2 Å². The molecule has 0 aliphatic heterocycles. The van der Waals surface area contributed by atoms with Crippen LogP contribution in [0, 0.1) is 5.92 Å². The van der Waals surface area contributed by atoms with Gasteiger partial charge in [0.15, 0.2) is 5.78 Å². The molecule has 0 saturated heterocycles. The summed E-state index contributed by atoms with van der Waals surface area (Å²) >= 11 is 0. The van der Waals surface area contributed by atoms with Gasteiger partial charge in [-0.1, -0.05) is 24.3 Å². The number of nitrogens with zero attached hydrogens (tertiary/aromatic N) is 3. The molecular weight excluding hydrogens is 571 g/mol. The highest BCUT2D eigenvalue weighted by Gasteiger charge is 2.39. The van der Waals surface area contributed by atoms with Crippen molar-refractivity contribution in [2.75, 3.05) is 39.3 Å². The molecule has 13 heteroatoms. The maximum absolute atomic E-state index is 14.0. The summed E-state index contributed by atoms with van der Waals surface area (Å²) in [6, 6.07) is 11.3. The van der Waals surface area contributed by atoms with Gasteiger partial charge < -0.3 is 15.0 Å². The van der Waals surface area contributed by atoms with Crippen LogP contribution in [0.15, 0.2) is 48.7 Å². The van der Waals surface area contributed by atoms with Crippen LogP contribution in [-0.2, 0) is 29.0 Å². The van der Waals surface area contributed by atoms with Crippen molar-refractivity contribution in [1.29, 1.82) is 0 Å². The van der Waals surface area contributed by atoms with Gasteiger partial charge in [0.1, 0.15) is 5.75 Å². The lowest BCUT2D eigenvalue weighted by Gasteiger charge is -2.22. The molecule has 2 aromatic carbocycles. The van der Waals surface area contributed by atoms with E-state index in [1.807, 2.05) is 31.1 Å². The first-order valence-electron chi connectivity index (χ1n) is 13.4. The third-order valence-electron chi connectivity index (χ3n) is 7.09. The molecule has 9 nitrogen and oxygen atoms in total. The summed E-state index contributed by atoms with van der Waals surface area (Å²) in [5.41, 5.74) is 1.17. The number of carbonyl (C=O) groups is 1. The fourth-order valence-corrected chi connectivity index (χ4v) is 5.95. The van der Waals surface area contributed by atoms with Gasteiger partial charge in [0.25, 0.3) is 0 Å². The minimum Gasteiger partial charge on any atom is -0.495 e. The number of carbonyl (C=O) groups excluding carboxylic acids is 1. The fraction of sp³-hybridized carbons (Fsp3) is 0.414. The number of halogens is 3. The van der Waals surface area contributed by atoms with Crippen molar-refractivity contribution in [3.05, 3.63) is 76.6 Å². The number of ketones is 1. The van der Waals surface area contributed by atoms with Gasteiger partial charge in [-0.2, -0.15) is 13.2 Å². The van der Waals surface area contributed by atoms with Crippen LogP contribution < -0.4 is 14.8 Å². The molecule has 1 heterocycles. The SMILES string of the molecule is COc1cc(C(=O)CCCN(C)C)ccc1Nc1ncc(C(F)(F)F)c(C[C@@H]2Cc3ccccc3[C@H]2NS(C)(=O)=O)n1. The number of alkyl halides is 3. The standard InChI is InChI=1S/C29H34F3N5O4S/c1-37(2)13-7-10-25(38)19-11-12-23(26(16-19)41-3)34-28-33-17-22(29(30,31)32)24(35-28)15-20-14-18-8-5-6-9-21(18)27(20)36-42(4,39)40/h5-6,8-9,11-12,16-17,20,27,36H,7,10,13-15H2,1-4H3,(H,33,34,35)/t20-,27-/m0/s1. The van der Waals surface area contributed by atoms with Crippen molar-refractivity contribution in [2.45, 2.75) is 37.9 Å². The maximum Gasteiger partial charge on any atom is 0.419 e. The molecule has 0 spiro atoms. The third-order valence-corrected chi connectivity index (χ3v) is 7.77. The Balaban J connectivity index is 1.61. The first-order chi connectivity index (χ1) is 19.7. The predicted octanol–water partition coefficient (Wildman–Crippen LogP) is 4.78. The van der Waals surface area contributed by atoms with Crippen molar-refractivity contribution in [1.82, 2.24) is 19.6 Å². The van der Waals surface area contributed by atoms with E-state index in [0.29, 0.717) is 36.3 Å². The van der Waals surface area contributed by atoms with Gasteiger partial charge >= 0.3 is 6.18 Å². The summed E-state index contributed by atoms with van der Waals surface area (Å²) in [5.74, 6) is -0.343. The number of methoxy groups -OCH3 is 1. The second-order valence-electron chi connectivity index (χ2n) is 10.7. The average molecular weight is 606 g/mol. The van der Waals surface area contributed by atoms with Crippen LogP contribution in [0.1, 0.15) is 51.6 Å². The van der Waals surface area contributed by atoms with E-state index >= 15 is 0 Å². The molecule has 0 radical (unpaired) electrons. The average Bonchev–Trinajstić information content (AvgIpc) is 3.23. The molecule has 0 amide bonds. The van der Waals surface area contributed by atoms with Crippen LogP contribution in [0.25, 0.3) is 0 Å². The zero-order chi connectivity index (χ0) is 30.7. The largest absolute Gasteiger partial charge is 0.495 e. The Morgan fingerprint density at radius 3 is 2.57 bits per heavy atom. The predicted molar refractivity (Wildman–Crippen MR) is 153 cm³/mol. The zero-order valence-corrected chi connectivity index (χ0v) is 24.6. The summed E-state index contributed by atoms with van der Waals surface area (Å²) in [6.45, 7) is 0.772. The Labute approximate surface area is 243 Å². The minimum atomic E-state index is -4.72. The summed E-state index contributed by atoms with van der Waals surface area (Å²) in [4.78, 5) is 22.8. The maximum atomic E-state index is 14.0. The number of nitrogens with one attached hydrogen (secondary N) is 2. The van der Waals surface area contributed by atoms with E-state index in [-0.39, 0.29) is 23.8 Å². The molecular formula is C29H34F3N5O4S. The lowest BCUT2D eigenvalue weighted by molar-refractivity contribution is -0.138. The van der Waals surface area contributed by atoms with Crippen LogP contribution in [0.5, 0.6) is 5.75 Å². The van der Waals surface area contributed by atoms with Gasteiger partial charge in [0.2, 0.25) is 16.0 Å². The number of fused-ring (bicyclic) bond motifs is 1. The molecule has 2 atom stereocenters. The van der Waals surface area contributed by atoms with Crippen LogP contribution >= 0.6 is 0 Å². The topological polar surface area (TPSA) is 114 Å². The molecule has 0 saturated carbocycles. The molecule has 226 valence electrons. The molecule has 3 aromatic rings. The first kappa shape index (κ1) is 31.4.